The number of imidazole rings is 1. The molecule has 2 atom stereocenters. The molecule has 0 bridgehead atoms. The number of nitrogens with one attached hydrogen (secondary N) is 1. The number of carbonyl (C=O) groups is 2. The largest absolute Gasteiger partial charge is 0.331 e. The van der Waals surface area contributed by atoms with Crippen molar-refractivity contribution in [2.45, 2.75) is 18.2 Å². The van der Waals surface area contributed by atoms with E-state index in [1.54, 1.807) is 12.4 Å². The number of carbonyl (C=O) groups excluding carboxylic acids is 2. The second-order valence-electron chi connectivity index (χ2n) is 8.51. The second kappa shape index (κ2) is 8.25. The van der Waals surface area contributed by atoms with Crippen LogP contribution in [0.15, 0.2) is 67.1 Å². The molecule has 1 N–H and O–H groups in total. The topological polar surface area (TPSA) is 80.1 Å². The van der Waals surface area contributed by atoms with Crippen LogP contribution in [0.5, 0.6) is 0 Å². The molecule has 0 spiro atoms. The van der Waals surface area contributed by atoms with Gasteiger partial charge in [-0.1, -0.05) is 48.0 Å². The summed E-state index contributed by atoms with van der Waals surface area (Å²) in [6, 6.07) is 12.4. The van der Waals surface area contributed by atoms with E-state index in [0.717, 1.165) is 38.3 Å². The summed E-state index contributed by atoms with van der Waals surface area (Å²) in [5.41, 5.74) is 3.15. The summed E-state index contributed by atoms with van der Waals surface area (Å²) >= 11 is 8.11. The molecular weight excluding hydrogens is 482 g/mol. The monoisotopic (exact) mass is 501 g/mol. The van der Waals surface area contributed by atoms with Gasteiger partial charge in [-0.25, -0.2) is 14.7 Å². The molecule has 7 nitrogen and oxygen atoms in total. The molecule has 1 fully saturated rings. The van der Waals surface area contributed by atoms with Crippen molar-refractivity contribution in [2.24, 2.45) is 7.05 Å². The van der Waals surface area contributed by atoms with E-state index >= 15 is 0 Å². The number of hydrogen-bond donors (Lipinski definition) is 1. The molecule has 0 aliphatic carbocycles. The fourth-order valence-corrected chi connectivity index (χ4v) is 6.31. The van der Waals surface area contributed by atoms with Crippen molar-refractivity contribution in [2.75, 3.05) is 4.90 Å². The zero-order chi connectivity index (χ0) is 24.3. The summed E-state index contributed by atoms with van der Waals surface area (Å²) in [6.07, 6.45) is 7.03. The number of aromatic nitrogens is 3. The third-order valence-corrected chi connectivity index (χ3v) is 8.17. The normalized spacial score (nSPS) is 19.6. The minimum Gasteiger partial charge on any atom is -0.331 e. The maximum atomic E-state index is 13.7. The minimum atomic E-state index is -0.515. The highest BCUT2D eigenvalue weighted by Crippen LogP contribution is 2.47. The van der Waals surface area contributed by atoms with Gasteiger partial charge in [0.05, 0.1) is 29.8 Å². The van der Waals surface area contributed by atoms with Gasteiger partial charge >= 0.3 is 6.03 Å². The molecule has 35 heavy (non-hydrogen) atoms. The molecule has 2 aromatic heterocycles. The predicted octanol–water partition coefficient (Wildman–Crippen LogP) is 5.18. The fourth-order valence-electron chi connectivity index (χ4n) is 4.65. The van der Waals surface area contributed by atoms with Gasteiger partial charge in [0.1, 0.15) is 11.1 Å². The van der Waals surface area contributed by atoms with Crippen LogP contribution in [0, 0.1) is 6.92 Å². The number of halogens is 1. The number of hydrogen-bond acceptors (Lipinski definition) is 5. The molecule has 0 radical (unpaired) electrons. The summed E-state index contributed by atoms with van der Waals surface area (Å²) in [5.74, 6) is 0.604. The molecule has 2 unspecified atom stereocenters. The van der Waals surface area contributed by atoms with Gasteiger partial charge in [-0.2, -0.15) is 0 Å². The van der Waals surface area contributed by atoms with Gasteiger partial charge in [0.15, 0.2) is 0 Å². The molecule has 0 saturated carbocycles. The van der Waals surface area contributed by atoms with Gasteiger partial charge in [-0.05, 0) is 19.1 Å². The number of nitrogens with zero attached hydrogens (tertiary/aromatic N) is 4. The molecule has 6 rings (SSSR count). The number of benzene rings is 2. The lowest BCUT2D eigenvalue weighted by molar-refractivity contribution is -0.118. The Morgan fingerprint density at radius 2 is 1.89 bits per heavy atom. The van der Waals surface area contributed by atoms with E-state index in [9.17, 15) is 9.59 Å². The summed E-state index contributed by atoms with van der Waals surface area (Å²) in [6.45, 7) is 1.94. The first-order valence-corrected chi connectivity index (χ1v) is 12.3. The molecule has 3 amide bonds. The second-order valence-corrected chi connectivity index (χ2v) is 10.1. The quantitative estimate of drug-likeness (QED) is 0.418. The Balaban J connectivity index is 1.39. The first kappa shape index (κ1) is 21.9. The molecule has 2 aliphatic heterocycles. The highest BCUT2D eigenvalue weighted by atomic mass is 35.5. The average Bonchev–Trinajstić information content (AvgIpc) is 3.42. The lowest BCUT2D eigenvalue weighted by Gasteiger charge is -2.33. The van der Waals surface area contributed by atoms with Crippen LogP contribution in [0.2, 0.25) is 5.02 Å². The number of anilines is 1. The lowest BCUT2D eigenvalue weighted by atomic mass is 10.0. The van der Waals surface area contributed by atoms with Crippen LogP contribution < -0.4 is 10.2 Å². The third kappa shape index (κ3) is 3.44. The predicted molar refractivity (Wildman–Crippen MR) is 139 cm³/mol. The maximum absolute atomic E-state index is 13.7. The van der Waals surface area contributed by atoms with E-state index in [-0.39, 0.29) is 5.91 Å². The first-order chi connectivity index (χ1) is 16.9. The highest BCUT2D eigenvalue weighted by Gasteiger charge is 2.46. The Hall–Kier alpha value is -3.62. The Bertz CT molecular complexity index is 1560. The van der Waals surface area contributed by atoms with Gasteiger partial charge in [0.2, 0.25) is 0 Å². The molecule has 174 valence electrons. The zero-order valence-corrected chi connectivity index (χ0v) is 20.5. The van der Waals surface area contributed by atoms with E-state index < -0.39 is 17.3 Å². The van der Waals surface area contributed by atoms with Crippen LogP contribution >= 0.6 is 23.4 Å². The van der Waals surface area contributed by atoms with Crippen molar-refractivity contribution >= 4 is 56.7 Å². The van der Waals surface area contributed by atoms with Crippen LogP contribution in [0.1, 0.15) is 11.4 Å². The molecule has 4 heterocycles. The van der Waals surface area contributed by atoms with Gasteiger partial charge in [-0.3, -0.25) is 9.78 Å². The Morgan fingerprint density at radius 3 is 2.69 bits per heavy atom. The molecule has 4 aromatic rings. The molecule has 9 heteroatoms. The third-order valence-electron chi connectivity index (χ3n) is 6.51. The van der Waals surface area contributed by atoms with Crippen molar-refractivity contribution in [3.63, 3.8) is 0 Å². The summed E-state index contributed by atoms with van der Waals surface area (Å²) in [5, 5.41) is 4.71. The van der Waals surface area contributed by atoms with Crippen LogP contribution in [-0.4, -0.2) is 37.8 Å². The Kier molecular flexibility index (Phi) is 5.16. The number of urea groups is 1. The standard InChI is InChI=1S/C26H20ClN5O2S/c1-14-29-13-20(31(14)2)17-8-5-9-18(27)23(17)22-10-19-24(35-22)25(33)32(26(34)30-19)21-12-28-11-15-6-3-4-7-16(15)21/h3-13,19,24H,1-2H3,(H,30,34). The van der Waals surface area contributed by atoms with E-state index in [1.165, 1.54) is 16.7 Å². The Morgan fingerprint density at radius 1 is 1.06 bits per heavy atom. The first-order valence-electron chi connectivity index (χ1n) is 11.1. The van der Waals surface area contributed by atoms with Crippen molar-refractivity contribution in [1.82, 2.24) is 19.9 Å². The van der Waals surface area contributed by atoms with Gasteiger partial charge in [0, 0.05) is 45.1 Å². The number of thioether (sulfide) groups is 1. The lowest BCUT2D eigenvalue weighted by Crippen LogP contribution is -2.60. The smallest absolute Gasteiger partial charge is 0.329 e. The molecule has 2 aliphatic rings. The number of amides is 3. The molecule has 1 saturated heterocycles. The number of fused-ring (bicyclic) bond motifs is 2. The van der Waals surface area contributed by atoms with Gasteiger partial charge in [-0.15, -0.1) is 11.8 Å². The maximum Gasteiger partial charge on any atom is 0.329 e. The summed E-state index contributed by atoms with van der Waals surface area (Å²) in [4.78, 5) is 37.5. The van der Waals surface area contributed by atoms with Gasteiger partial charge < -0.3 is 9.88 Å². The van der Waals surface area contributed by atoms with E-state index in [2.05, 4.69) is 15.3 Å². The van der Waals surface area contributed by atoms with Crippen LogP contribution in [0.3, 0.4) is 0 Å². The van der Waals surface area contributed by atoms with Crippen molar-refractivity contribution in [1.29, 1.82) is 0 Å². The number of imide groups is 1. The highest BCUT2D eigenvalue weighted by molar-refractivity contribution is 8.09. The minimum absolute atomic E-state index is 0.280. The van der Waals surface area contributed by atoms with Crippen molar-refractivity contribution in [3.8, 4) is 11.3 Å². The number of aryl methyl sites for hydroxylation is 1. The van der Waals surface area contributed by atoms with Crippen molar-refractivity contribution in [3.05, 3.63) is 83.5 Å². The number of rotatable bonds is 3. The van der Waals surface area contributed by atoms with E-state index in [4.69, 9.17) is 11.6 Å². The number of pyridine rings is 1. The van der Waals surface area contributed by atoms with E-state index in [0.29, 0.717) is 10.7 Å². The zero-order valence-electron chi connectivity index (χ0n) is 18.9. The van der Waals surface area contributed by atoms with Crippen LogP contribution in [-0.2, 0) is 11.8 Å². The fraction of sp³-hybridized carbons (Fsp3) is 0.154. The summed E-state index contributed by atoms with van der Waals surface area (Å²) < 4.78 is 2.00. The average molecular weight is 502 g/mol. The Labute approximate surface area is 210 Å². The molecular formula is C26H20ClN5O2S. The van der Waals surface area contributed by atoms with Crippen molar-refractivity contribution < 1.29 is 9.59 Å². The summed E-state index contributed by atoms with van der Waals surface area (Å²) in [7, 11) is 1.96. The van der Waals surface area contributed by atoms with Gasteiger partial charge in [0.25, 0.3) is 5.91 Å². The SMILES string of the molecule is Cc1ncc(-c2cccc(Cl)c2C2=CC3NC(=O)N(c4cncc5ccccc45)C(=O)C3S2)n1C. The van der Waals surface area contributed by atoms with Crippen LogP contribution in [0.4, 0.5) is 10.5 Å². The molecule has 2 aromatic carbocycles. The van der Waals surface area contributed by atoms with Crippen LogP contribution in [0.25, 0.3) is 26.9 Å². The van der Waals surface area contributed by atoms with E-state index in [1.807, 2.05) is 73.3 Å².